The average molecular weight is 789 g/mol. The van der Waals surface area contributed by atoms with Crippen molar-refractivity contribution < 1.29 is 67.6 Å². The van der Waals surface area contributed by atoms with Crippen LogP contribution in [0.4, 0.5) is 4.79 Å². The normalized spacial score (nSPS) is 48.4. The largest absolute Gasteiger partial charge is 0.509 e. The number of aliphatic hydroxyl groups excluding tert-OH is 2. The van der Waals surface area contributed by atoms with Crippen molar-refractivity contribution in [3.63, 3.8) is 0 Å². The standard InChI is InChI=1S/C39H68N2O14/c1-15-26-39(10)33(54-36(45)55-39)21(4)28(40-48-14)19(2)17-37(8,46)32(53-35-29(42)25(41(11)12)16-20(3)49-35)22(5)30(23(6)34(44)51-26)52-27-18-38(9,47-13)31(43)24(7)50-27/h19-27,29-33,35,42-43,46H,15-18H2,1-14H3/b40-28+/t19-,20-,21+,22+,23-,24+,25+,26-,27+,29-,30+,31+,32-,33-,35+,37-,38-,39-/m1/s1. The maximum Gasteiger partial charge on any atom is 0.509 e. The van der Waals surface area contributed by atoms with Gasteiger partial charge in [-0.3, -0.25) is 4.79 Å². The maximum absolute atomic E-state index is 14.4. The highest BCUT2D eigenvalue weighted by Gasteiger charge is 2.59. The first-order chi connectivity index (χ1) is 25.5. The van der Waals surface area contributed by atoms with Gasteiger partial charge in [-0.25, -0.2) is 4.79 Å². The number of methoxy groups -OCH3 is 1. The molecule has 0 aliphatic carbocycles. The zero-order valence-electron chi connectivity index (χ0n) is 35.2. The van der Waals surface area contributed by atoms with Crippen LogP contribution in [0.1, 0.15) is 94.9 Å². The van der Waals surface area contributed by atoms with E-state index in [1.54, 1.807) is 41.5 Å². The predicted octanol–water partition coefficient (Wildman–Crippen LogP) is 3.40. The van der Waals surface area contributed by atoms with Gasteiger partial charge in [0.05, 0.1) is 47.2 Å². The molecule has 0 aromatic carbocycles. The van der Waals surface area contributed by atoms with Gasteiger partial charge < -0.3 is 63.0 Å². The highest BCUT2D eigenvalue weighted by atomic mass is 16.8. The van der Waals surface area contributed by atoms with Gasteiger partial charge in [0.1, 0.15) is 25.4 Å². The summed E-state index contributed by atoms with van der Waals surface area (Å²) in [5.74, 6) is -3.58. The van der Waals surface area contributed by atoms with E-state index in [1.165, 1.54) is 14.2 Å². The Morgan fingerprint density at radius 1 is 0.927 bits per heavy atom. The van der Waals surface area contributed by atoms with Crippen molar-refractivity contribution in [3.8, 4) is 0 Å². The van der Waals surface area contributed by atoms with Crippen LogP contribution in [-0.4, -0.2) is 151 Å². The number of hydrogen-bond acceptors (Lipinski definition) is 16. The number of esters is 1. The number of cyclic esters (lactones) is 1. The summed E-state index contributed by atoms with van der Waals surface area (Å²) in [6.45, 7) is 17.7. The van der Waals surface area contributed by atoms with Crippen LogP contribution in [0.5, 0.6) is 0 Å². The second-order valence-electron chi connectivity index (χ2n) is 17.2. The lowest BCUT2D eigenvalue weighted by atomic mass is 9.73. The third-order valence-corrected chi connectivity index (χ3v) is 12.5. The molecular formula is C39H68N2O14. The van der Waals surface area contributed by atoms with Gasteiger partial charge in [0.2, 0.25) is 0 Å². The van der Waals surface area contributed by atoms with Crippen molar-refractivity contribution in [2.24, 2.45) is 28.8 Å². The van der Waals surface area contributed by atoms with Crippen molar-refractivity contribution in [3.05, 3.63) is 0 Å². The summed E-state index contributed by atoms with van der Waals surface area (Å²) in [6.07, 6.45) is -9.11. The minimum Gasteiger partial charge on any atom is -0.458 e. The number of likely N-dealkylation sites (N-methyl/N-ethyl adjacent to an activating group) is 1. The Labute approximate surface area is 326 Å². The Kier molecular flexibility index (Phi) is 14.7. The van der Waals surface area contributed by atoms with E-state index in [1.807, 2.05) is 46.7 Å². The predicted molar refractivity (Wildman–Crippen MR) is 199 cm³/mol. The van der Waals surface area contributed by atoms with Crippen LogP contribution in [0, 0.1) is 23.7 Å². The monoisotopic (exact) mass is 788 g/mol. The Morgan fingerprint density at radius 2 is 1.58 bits per heavy atom. The smallest absolute Gasteiger partial charge is 0.458 e. The van der Waals surface area contributed by atoms with E-state index in [9.17, 15) is 24.9 Å². The summed E-state index contributed by atoms with van der Waals surface area (Å²) in [5, 5.41) is 39.7. The number of aliphatic hydroxyl groups is 3. The highest BCUT2D eigenvalue weighted by molar-refractivity contribution is 5.89. The molecule has 318 valence electrons. The van der Waals surface area contributed by atoms with Crippen molar-refractivity contribution in [2.45, 2.75) is 179 Å². The molecule has 0 bridgehead atoms. The number of ether oxygens (including phenoxy) is 8. The van der Waals surface area contributed by atoms with E-state index in [-0.39, 0.29) is 31.4 Å². The fourth-order valence-corrected chi connectivity index (χ4v) is 9.32. The molecule has 16 nitrogen and oxygen atoms in total. The summed E-state index contributed by atoms with van der Waals surface area (Å²) in [4.78, 5) is 34.5. The molecule has 4 aliphatic rings. The minimum absolute atomic E-state index is 0.0515. The summed E-state index contributed by atoms with van der Waals surface area (Å²) in [6, 6.07) is -0.305. The summed E-state index contributed by atoms with van der Waals surface area (Å²) in [5.41, 5.74) is -3.68. The molecule has 3 N–H and O–H groups in total. The first-order valence-electron chi connectivity index (χ1n) is 19.7. The van der Waals surface area contributed by atoms with Crippen LogP contribution in [0.15, 0.2) is 5.16 Å². The summed E-state index contributed by atoms with van der Waals surface area (Å²) >= 11 is 0. The number of oxime groups is 1. The average Bonchev–Trinajstić information content (AvgIpc) is 3.43. The quantitative estimate of drug-likeness (QED) is 0.239. The van der Waals surface area contributed by atoms with Crippen LogP contribution in [0.3, 0.4) is 0 Å². The molecule has 16 heteroatoms. The van der Waals surface area contributed by atoms with Crippen molar-refractivity contribution in [1.82, 2.24) is 4.90 Å². The maximum atomic E-state index is 14.4. The second-order valence-corrected chi connectivity index (χ2v) is 17.2. The molecule has 4 fully saturated rings. The molecule has 4 saturated heterocycles. The Hall–Kier alpha value is -2.15. The number of carbonyl (C=O) groups excluding carboxylic acids is 2. The topological polar surface area (TPSA) is 193 Å². The molecule has 0 radical (unpaired) electrons. The van der Waals surface area contributed by atoms with E-state index in [2.05, 4.69) is 5.16 Å². The third kappa shape index (κ3) is 9.44. The molecule has 0 spiro atoms. The summed E-state index contributed by atoms with van der Waals surface area (Å²) < 4.78 is 49.5. The van der Waals surface area contributed by atoms with Crippen molar-refractivity contribution in [2.75, 3.05) is 28.3 Å². The minimum atomic E-state index is -1.70. The van der Waals surface area contributed by atoms with Crippen LogP contribution in [0.25, 0.3) is 0 Å². The van der Waals surface area contributed by atoms with E-state index in [0.29, 0.717) is 12.1 Å². The van der Waals surface area contributed by atoms with E-state index in [0.717, 1.165) is 0 Å². The number of fused-ring (bicyclic) bond motifs is 1. The number of nitrogens with zero attached hydrogens (tertiary/aromatic N) is 2. The van der Waals surface area contributed by atoms with Gasteiger partial charge in [0.15, 0.2) is 24.3 Å². The fraction of sp³-hybridized carbons (Fsp3) is 0.923. The van der Waals surface area contributed by atoms with Crippen molar-refractivity contribution in [1.29, 1.82) is 0 Å². The van der Waals surface area contributed by atoms with E-state index >= 15 is 0 Å². The van der Waals surface area contributed by atoms with Crippen LogP contribution in [-0.2, 0) is 47.5 Å². The second kappa shape index (κ2) is 17.8. The molecule has 0 amide bonds. The number of carbonyl (C=O) groups is 2. The number of hydrogen-bond donors (Lipinski definition) is 3. The van der Waals surface area contributed by atoms with Gasteiger partial charge in [-0.05, 0) is 74.9 Å². The molecule has 0 unspecified atom stereocenters. The Bertz CT molecular complexity index is 1350. The molecule has 0 saturated carbocycles. The molecular weight excluding hydrogens is 720 g/mol. The molecule has 4 rings (SSSR count). The molecule has 0 aromatic heterocycles. The van der Waals surface area contributed by atoms with Gasteiger partial charge in [0.25, 0.3) is 0 Å². The SMILES string of the molecule is CC[C@H]1OC(=O)[C@H](C)[C@@H](O[C@H]2C[C@@](C)(OC)[C@@H](O)[C@H](C)O2)[C@H](C)[C@@H](O[C@@H]2O[C@H](C)C[C@H](N(C)C)[C@H]2O)[C@](C)(O)C[C@@H](C)/C(=N\OC)[C@H](C)[C@H]2OC(=O)O[C@@]21C. The van der Waals surface area contributed by atoms with Gasteiger partial charge >= 0.3 is 12.1 Å². The lowest BCUT2D eigenvalue weighted by Crippen LogP contribution is -2.61. The van der Waals surface area contributed by atoms with Gasteiger partial charge in [-0.1, -0.05) is 32.9 Å². The molecule has 4 aliphatic heterocycles. The first-order valence-corrected chi connectivity index (χ1v) is 19.7. The van der Waals surface area contributed by atoms with Gasteiger partial charge in [0, 0.05) is 37.3 Å². The van der Waals surface area contributed by atoms with Crippen molar-refractivity contribution >= 4 is 17.8 Å². The van der Waals surface area contributed by atoms with E-state index < -0.39 is 108 Å². The van der Waals surface area contributed by atoms with Crippen LogP contribution < -0.4 is 0 Å². The van der Waals surface area contributed by atoms with Crippen LogP contribution >= 0.6 is 0 Å². The Balaban J connectivity index is 1.88. The fourth-order valence-electron chi connectivity index (χ4n) is 9.32. The van der Waals surface area contributed by atoms with E-state index in [4.69, 9.17) is 42.7 Å². The summed E-state index contributed by atoms with van der Waals surface area (Å²) in [7, 11) is 6.66. The lowest BCUT2D eigenvalue weighted by molar-refractivity contribution is -0.317. The zero-order chi connectivity index (χ0) is 41.4. The third-order valence-electron chi connectivity index (χ3n) is 12.5. The molecule has 4 heterocycles. The zero-order valence-corrected chi connectivity index (χ0v) is 35.2. The molecule has 0 aromatic rings. The number of rotatable bonds is 8. The van der Waals surface area contributed by atoms with Crippen LogP contribution in [0.2, 0.25) is 0 Å². The van der Waals surface area contributed by atoms with Gasteiger partial charge in [-0.15, -0.1) is 0 Å². The molecule has 18 atom stereocenters. The van der Waals surface area contributed by atoms with Gasteiger partial charge in [-0.2, -0.15) is 0 Å². The Morgan fingerprint density at radius 3 is 2.16 bits per heavy atom. The first kappa shape index (κ1) is 45.6. The highest BCUT2D eigenvalue weighted by Crippen LogP contribution is 2.43. The molecule has 55 heavy (non-hydrogen) atoms. The lowest BCUT2D eigenvalue weighted by Gasteiger charge is -2.49.